The zero-order valence-electron chi connectivity index (χ0n) is 7.44. The number of rotatable bonds is 2. The third-order valence-corrected chi connectivity index (χ3v) is 2.59. The molecular weight excluding hydrogens is 313 g/mol. The van der Waals surface area contributed by atoms with Crippen molar-refractivity contribution in [3.8, 4) is 0 Å². The predicted octanol–water partition coefficient (Wildman–Crippen LogP) is 1.28. The van der Waals surface area contributed by atoms with Crippen LogP contribution in [0.15, 0.2) is 27.4 Å². The molecule has 2 aromatic rings. The van der Waals surface area contributed by atoms with Gasteiger partial charge in [-0.3, -0.25) is 9.36 Å². The molecule has 0 saturated heterocycles. The van der Waals surface area contributed by atoms with Crippen molar-refractivity contribution in [1.29, 1.82) is 0 Å². The molecule has 15 heavy (non-hydrogen) atoms. The van der Waals surface area contributed by atoms with Crippen molar-refractivity contribution in [3.05, 3.63) is 32.3 Å². The summed E-state index contributed by atoms with van der Waals surface area (Å²) in [6, 6.07) is 5.15. The second-order valence-corrected chi connectivity index (χ2v) is 4.21. The Morgan fingerprint density at radius 2 is 2.27 bits per heavy atom. The number of halogens is 1. The summed E-state index contributed by atoms with van der Waals surface area (Å²) in [5.41, 5.74) is 0.913. The minimum Gasteiger partial charge on any atom is -0.480 e. The molecule has 1 aromatic carbocycles. The van der Waals surface area contributed by atoms with E-state index in [4.69, 9.17) is 9.52 Å². The summed E-state index contributed by atoms with van der Waals surface area (Å²) in [5.74, 6) is -1.71. The first kappa shape index (κ1) is 10.2. The van der Waals surface area contributed by atoms with E-state index in [1.807, 2.05) is 0 Å². The highest BCUT2D eigenvalue weighted by Crippen LogP contribution is 2.16. The third kappa shape index (κ3) is 1.89. The Labute approximate surface area is 97.4 Å². The van der Waals surface area contributed by atoms with Gasteiger partial charge in [0.2, 0.25) is 0 Å². The number of benzene rings is 1. The maximum absolute atomic E-state index is 11.3. The van der Waals surface area contributed by atoms with E-state index in [9.17, 15) is 9.59 Å². The number of aromatic nitrogens is 1. The number of carboxylic acid groups (broad SMARTS) is 1. The maximum atomic E-state index is 11.3. The van der Waals surface area contributed by atoms with E-state index in [0.717, 1.165) is 8.14 Å². The van der Waals surface area contributed by atoms with Gasteiger partial charge in [-0.15, -0.1) is 0 Å². The van der Waals surface area contributed by atoms with Crippen molar-refractivity contribution in [2.24, 2.45) is 0 Å². The molecule has 0 aliphatic carbocycles. The summed E-state index contributed by atoms with van der Waals surface area (Å²) in [6.07, 6.45) is 0. The maximum Gasteiger partial charge on any atom is 0.420 e. The van der Waals surface area contributed by atoms with Crippen molar-refractivity contribution in [2.75, 3.05) is 0 Å². The van der Waals surface area contributed by atoms with Crippen LogP contribution in [0.1, 0.15) is 0 Å². The Bertz CT molecular complexity index is 583. The molecule has 1 aromatic heterocycles. The van der Waals surface area contributed by atoms with Gasteiger partial charge in [-0.25, -0.2) is 4.79 Å². The van der Waals surface area contributed by atoms with Crippen LogP contribution in [-0.2, 0) is 11.3 Å². The molecule has 78 valence electrons. The standard InChI is InChI=1S/C9H6INO4/c10-5-1-2-7-6(3-5)11(4-8(12)13)9(14)15-7/h1-3H,4H2,(H,12,13). The Morgan fingerprint density at radius 3 is 2.93 bits per heavy atom. The largest absolute Gasteiger partial charge is 0.480 e. The van der Waals surface area contributed by atoms with Crippen LogP contribution in [-0.4, -0.2) is 15.6 Å². The zero-order chi connectivity index (χ0) is 11.0. The van der Waals surface area contributed by atoms with E-state index in [-0.39, 0.29) is 6.54 Å². The molecule has 0 fully saturated rings. The van der Waals surface area contributed by atoms with Gasteiger partial charge in [0.15, 0.2) is 5.58 Å². The summed E-state index contributed by atoms with van der Waals surface area (Å²) >= 11 is 2.08. The van der Waals surface area contributed by atoms with Crippen LogP contribution in [0, 0.1) is 3.57 Å². The summed E-state index contributed by atoms with van der Waals surface area (Å²) < 4.78 is 6.91. The number of hydrogen-bond acceptors (Lipinski definition) is 3. The van der Waals surface area contributed by atoms with Gasteiger partial charge in [-0.1, -0.05) is 0 Å². The SMILES string of the molecule is O=C(O)Cn1c(=O)oc2ccc(I)cc21. The second-order valence-electron chi connectivity index (χ2n) is 2.96. The fraction of sp³-hybridized carbons (Fsp3) is 0.111. The summed E-state index contributed by atoms with van der Waals surface area (Å²) in [7, 11) is 0. The highest BCUT2D eigenvalue weighted by molar-refractivity contribution is 14.1. The molecule has 0 bridgehead atoms. The Hall–Kier alpha value is -1.31. The minimum absolute atomic E-state index is 0.383. The molecule has 0 atom stereocenters. The molecule has 2 rings (SSSR count). The lowest BCUT2D eigenvalue weighted by molar-refractivity contribution is -0.137. The van der Waals surface area contributed by atoms with Crippen molar-refractivity contribution >= 4 is 39.7 Å². The van der Waals surface area contributed by atoms with E-state index in [1.165, 1.54) is 0 Å². The number of nitrogens with zero attached hydrogens (tertiary/aromatic N) is 1. The molecule has 0 aliphatic heterocycles. The lowest BCUT2D eigenvalue weighted by atomic mass is 10.3. The molecule has 0 saturated carbocycles. The molecule has 0 radical (unpaired) electrons. The molecular formula is C9H6INO4. The Morgan fingerprint density at radius 1 is 1.53 bits per heavy atom. The van der Waals surface area contributed by atoms with Gasteiger partial charge in [-0.2, -0.15) is 0 Å². The second kappa shape index (κ2) is 3.69. The molecule has 0 unspecified atom stereocenters. The summed E-state index contributed by atoms with van der Waals surface area (Å²) in [6.45, 7) is -0.383. The highest BCUT2D eigenvalue weighted by atomic mass is 127. The van der Waals surface area contributed by atoms with Crippen molar-refractivity contribution in [1.82, 2.24) is 4.57 Å². The van der Waals surface area contributed by atoms with Crippen molar-refractivity contribution in [2.45, 2.75) is 6.54 Å². The first-order valence-electron chi connectivity index (χ1n) is 4.08. The van der Waals surface area contributed by atoms with Crippen LogP contribution < -0.4 is 5.76 Å². The average molecular weight is 319 g/mol. The lowest BCUT2D eigenvalue weighted by Gasteiger charge is -1.96. The topological polar surface area (TPSA) is 72.4 Å². The zero-order valence-corrected chi connectivity index (χ0v) is 9.59. The highest BCUT2D eigenvalue weighted by Gasteiger charge is 2.11. The summed E-state index contributed by atoms with van der Waals surface area (Å²) in [4.78, 5) is 21.9. The lowest BCUT2D eigenvalue weighted by Crippen LogP contribution is -2.19. The average Bonchev–Trinajstić information content (AvgIpc) is 2.43. The van der Waals surface area contributed by atoms with Crippen LogP contribution >= 0.6 is 22.6 Å². The Kier molecular flexibility index (Phi) is 2.51. The van der Waals surface area contributed by atoms with E-state index in [2.05, 4.69) is 22.6 Å². The first-order chi connectivity index (χ1) is 7.08. The van der Waals surface area contributed by atoms with Gasteiger partial charge >= 0.3 is 11.7 Å². The molecule has 0 spiro atoms. The first-order valence-corrected chi connectivity index (χ1v) is 5.16. The van der Waals surface area contributed by atoms with Gasteiger partial charge < -0.3 is 9.52 Å². The summed E-state index contributed by atoms with van der Waals surface area (Å²) in [5, 5.41) is 8.64. The van der Waals surface area contributed by atoms with Crippen LogP contribution in [0.25, 0.3) is 11.1 Å². The number of aliphatic carboxylic acids is 1. The number of carbonyl (C=O) groups is 1. The van der Waals surface area contributed by atoms with Gasteiger partial charge in [0, 0.05) is 3.57 Å². The van der Waals surface area contributed by atoms with Crippen molar-refractivity contribution < 1.29 is 14.3 Å². The number of carboxylic acids is 1. The van der Waals surface area contributed by atoms with Gasteiger partial charge in [0.05, 0.1) is 5.52 Å². The van der Waals surface area contributed by atoms with Gasteiger partial charge in [0.25, 0.3) is 0 Å². The fourth-order valence-corrected chi connectivity index (χ4v) is 1.80. The van der Waals surface area contributed by atoms with E-state index < -0.39 is 11.7 Å². The fourth-order valence-electron chi connectivity index (χ4n) is 1.32. The van der Waals surface area contributed by atoms with E-state index >= 15 is 0 Å². The van der Waals surface area contributed by atoms with E-state index in [0.29, 0.717) is 11.1 Å². The molecule has 5 nitrogen and oxygen atoms in total. The quantitative estimate of drug-likeness (QED) is 0.847. The third-order valence-electron chi connectivity index (χ3n) is 1.92. The van der Waals surface area contributed by atoms with Crippen LogP contribution in [0.3, 0.4) is 0 Å². The molecule has 6 heteroatoms. The molecule has 0 aliphatic rings. The Balaban J connectivity index is 2.70. The monoisotopic (exact) mass is 319 g/mol. The van der Waals surface area contributed by atoms with Gasteiger partial charge in [-0.05, 0) is 40.8 Å². The minimum atomic E-state index is -1.07. The number of oxazole rings is 1. The van der Waals surface area contributed by atoms with Crippen LogP contribution in [0.4, 0.5) is 0 Å². The van der Waals surface area contributed by atoms with Crippen LogP contribution in [0.5, 0.6) is 0 Å². The van der Waals surface area contributed by atoms with Gasteiger partial charge in [0.1, 0.15) is 6.54 Å². The molecule has 0 amide bonds. The smallest absolute Gasteiger partial charge is 0.420 e. The number of fused-ring (bicyclic) bond motifs is 1. The predicted molar refractivity (Wildman–Crippen MR) is 60.8 cm³/mol. The number of hydrogen-bond donors (Lipinski definition) is 1. The molecule has 1 N–H and O–H groups in total. The van der Waals surface area contributed by atoms with E-state index in [1.54, 1.807) is 18.2 Å². The normalized spacial score (nSPS) is 10.7. The van der Waals surface area contributed by atoms with Crippen LogP contribution in [0.2, 0.25) is 0 Å². The van der Waals surface area contributed by atoms with Crippen molar-refractivity contribution in [3.63, 3.8) is 0 Å². The molecule has 1 heterocycles.